The molecule has 144 valence electrons. The summed E-state index contributed by atoms with van der Waals surface area (Å²) in [6, 6.07) is 9.93. The number of rotatable bonds is 5. The zero-order chi connectivity index (χ0) is 19.7. The molecule has 2 aromatic heterocycles. The molecule has 2 amide bonds. The fraction of sp³-hybridized carbons (Fsp3) is 0.300. The number of benzene rings is 1. The Morgan fingerprint density at radius 1 is 1.18 bits per heavy atom. The molecule has 8 heteroatoms. The number of carbonyl (C=O) groups is 2. The van der Waals surface area contributed by atoms with Crippen LogP contribution in [0.15, 0.2) is 36.5 Å². The highest BCUT2D eigenvalue weighted by Gasteiger charge is 2.27. The van der Waals surface area contributed by atoms with Crippen LogP contribution in [-0.2, 0) is 19.6 Å². The van der Waals surface area contributed by atoms with Gasteiger partial charge in [0.2, 0.25) is 0 Å². The van der Waals surface area contributed by atoms with E-state index in [0.29, 0.717) is 36.0 Å². The van der Waals surface area contributed by atoms with E-state index in [1.807, 2.05) is 59.8 Å². The molecule has 0 saturated carbocycles. The second-order valence-electron chi connectivity index (χ2n) is 6.79. The van der Waals surface area contributed by atoms with E-state index in [1.165, 1.54) is 11.3 Å². The van der Waals surface area contributed by atoms with Crippen LogP contribution in [0.3, 0.4) is 0 Å². The monoisotopic (exact) mass is 395 g/mol. The number of hydrogen-bond donors (Lipinski definition) is 1. The normalized spacial score (nSPS) is 13.5. The number of thiazole rings is 1. The summed E-state index contributed by atoms with van der Waals surface area (Å²) in [6.07, 6.45) is 1.85. The lowest BCUT2D eigenvalue weighted by molar-refractivity contribution is 0.0683. The molecule has 1 aliphatic rings. The van der Waals surface area contributed by atoms with Gasteiger partial charge >= 0.3 is 0 Å². The summed E-state index contributed by atoms with van der Waals surface area (Å²) in [6.45, 7) is 5.90. The third kappa shape index (κ3) is 3.68. The smallest absolute Gasteiger partial charge is 0.290 e. The molecular weight excluding hydrogens is 374 g/mol. The lowest BCUT2D eigenvalue weighted by atomic mass is 10.2. The van der Waals surface area contributed by atoms with Gasteiger partial charge < -0.3 is 14.8 Å². The van der Waals surface area contributed by atoms with Gasteiger partial charge in [0, 0.05) is 25.8 Å². The van der Waals surface area contributed by atoms with E-state index in [0.717, 1.165) is 16.3 Å². The van der Waals surface area contributed by atoms with E-state index in [-0.39, 0.29) is 18.4 Å². The maximum atomic E-state index is 12.8. The number of carbonyl (C=O) groups excluding carboxylic acids is 2. The second kappa shape index (κ2) is 7.55. The molecule has 7 nitrogen and oxygen atoms in total. The van der Waals surface area contributed by atoms with E-state index in [1.54, 1.807) is 0 Å². The van der Waals surface area contributed by atoms with Gasteiger partial charge in [0.05, 0.1) is 22.9 Å². The van der Waals surface area contributed by atoms with Crippen molar-refractivity contribution >= 4 is 23.2 Å². The van der Waals surface area contributed by atoms with Crippen LogP contribution >= 0.6 is 11.3 Å². The molecule has 0 unspecified atom stereocenters. The van der Waals surface area contributed by atoms with Gasteiger partial charge in [0.25, 0.3) is 11.8 Å². The molecule has 4 rings (SSSR count). The molecule has 3 heterocycles. The van der Waals surface area contributed by atoms with E-state index < -0.39 is 0 Å². The Morgan fingerprint density at radius 2 is 1.96 bits per heavy atom. The van der Waals surface area contributed by atoms with E-state index in [4.69, 9.17) is 0 Å². The first-order valence-electron chi connectivity index (χ1n) is 9.13. The number of aromatic nitrogens is 3. The molecule has 0 aliphatic carbocycles. The number of amides is 2. The van der Waals surface area contributed by atoms with Gasteiger partial charge in [-0.2, -0.15) is 0 Å². The number of aryl methyl sites for hydroxylation is 2. The first-order chi connectivity index (χ1) is 13.5. The molecule has 1 aliphatic heterocycles. The SMILES string of the molecule is Cc1nc(C)c(C(=O)NCc2cn3c(n2)C(=O)N(Cc2ccccc2)CC3)s1. The van der Waals surface area contributed by atoms with Gasteiger partial charge in [-0.25, -0.2) is 9.97 Å². The Hall–Kier alpha value is -3.00. The largest absolute Gasteiger partial charge is 0.346 e. The number of fused-ring (bicyclic) bond motifs is 1. The first-order valence-corrected chi connectivity index (χ1v) is 9.94. The molecule has 0 saturated heterocycles. The van der Waals surface area contributed by atoms with Crippen LogP contribution in [0.5, 0.6) is 0 Å². The van der Waals surface area contributed by atoms with Crippen LogP contribution in [0.2, 0.25) is 0 Å². The summed E-state index contributed by atoms with van der Waals surface area (Å²) in [4.78, 5) is 36.3. The van der Waals surface area contributed by atoms with Gasteiger partial charge in [-0.1, -0.05) is 30.3 Å². The number of nitrogens with zero attached hydrogens (tertiary/aromatic N) is 4. The first kappa shape index (κ1) is 18.4. The predicted molar refractivity (Wildman–Crippen MR) is 106 cm³/mol. The van der Waals surface area contributed by atoms with Crippen LogP contribution < -0.4 is 5.32 Å². The highest BCUT2D eigenvalue weighted by atomic mass is 32.1. The van der Waals surface area contributed by atoms with Crippen molar-refractivity contribution < 1.29 is 9.59 Å². The van der Waals surface area contributed by atoms with Gasteiger partial charge in [-0.3, -0.25) is 9.59 Å². The predicted octanol–water partition coefficient (Wildman–Crippen LogP) is 2.54. The van der Waals surface area contributed by atoms with Gasteiger partial charge in [-0.15, -0.1) is 11.3 Å². The minimum Gasteiger partial charge on any atom is -0.346 e. The average Bonchev–Trinajstić information content (AvgIpc) is 3.26. The average molecular weight is 395 g/mol. The van der Waals surface area contributed by atoms with Crippen LogP contribution in [-0.4, -0.2) is 37.8 Å². The van der Waals surface area contributed by atoms with Crippen LogP contribution in [0.4, 0.5) is 0 Å². The van der Waals surface area contributed by atoms with Crippen molar-refractivity contribution in [2.24, 2.45) is 0 Å². The highest BCUT2D eigenvalue weighted by Crippen LogP contribution is 2.18. The summed E-state index contributed by atoms with van der Waals surface area (Å²) >= 11 is 1.38. The minimum atomic E-state index is -0.161. The molecule has 1 N–H and O–H groups in total. The molecule has 0 spiro atoms. The number of hydrogen-bond acceptors (Lipinski definition) is 5. The molecular formula is C20H21N5O2S. The molecule has 0 bridgehead atoms. The maximum Gasteiger partial charge on any atom is 0.290 e. The van der Waals surface area contributed by atoms with Gasteiger partial charge in [-0.05, 0) is 19.4 Å². The Labute approximate surface area is 167 Å². The fourth-order valence-electron chi connectivity index (χ4n) is 3.32. The summed E-state index contributed by atoms with van der Waals surface area (Å²) in [5.74, 6) is 0.184. The molecule has 3 aromatic rings. The molecule has 0 fully saturated rings. The molecule has 0 radical (unpaired) electrons. The fourth-order valence-corrected chi connectivity index (χ4v) is 4.15. The lowest BCUT2D eigenvalue weighted by Crippen LogP contribution is -2.39. The summed E-state index contributed by atoms with van der Waals surface area (Å²) in [5.41, 5.74) is 2.51. The zero-order valence-corrected chi connectivity index (χ0v) is 16.6. The third-order valence-corrected chi connectivity index (χ3v) is 5.74. The Kier molecular flexibility index (Phi) is 4.95. The van der Waals surface area contributed by atoms with Gasteiger partial charge in [0.1, 0.15) is 4.88 Å². The maximum absolute atomic E-state index is 12.8. The van der Waals surface area contributed by atoms with Crippen molar-refractivity contribution in [2.45, 2.75) is 33.5 Å². The second-order valence-corrected chi connectivity index (χ2v) is 7.99. The van der Waals surface area contributed by atoms with E-state index in [9.17, 15) is 9.59 Å². The van der Waals surface area contributed by atoms with Crippen molar-refractivity contribution in [1.29, 1.82) is 0 Å². The topological polar surface area (TPSA) is 80.1 Å². The van der Waals surface area contributed by atoms with Crippen LogP contribution in [0, 0.1) is 13.8 Å². The molecule has 1 aromatic carbocycles. The highest BCUT2D eigenvalue weighted by molar-refractivity contribution is 7.13. The van der Waals surface area contributed by atoms with E-state index in [2.05, 4.69) is 15.3 Å². The Bertz CT molecular complexity index is 1020. The Morgan fingerprint density at radius 3 is 2.68 bits per heavy atom. The number of imidazole rings is 1. The van der Waals surface area contributed by atoms with Crippen molar-refractivity contribution in [3.8, 4) is 0 Å². The van der Waals surface area contributed by atoms with Crippen molar-refractivity contribution in [1.82, 2.24) is 24.8 Å². The minimum absolute atomic E-state index is 0.0818. The molecule has 0 atom stereocenters. The lowest BCUT2D eigenvalue weighted by Gasteiger charge is -2.27. The third-order valence-electron chi connectivity index (χ3n) is 4.67. The summed E-state index contributed by atoms with van der Waals surface area (Å²) in [7, 11) is 0. The summed E-state index contributed by atoms with van der Waals surface area (Å²) in [5, 5.41) is 3.74. The van der Waals surface area contributed by atoms with Crippen LogP contribution in [0.1, 0.15) is 42.2 Å². The standard InChI is InChI=1S/C20H21N5O2S/c1-13-17(28-14(2)22-13)19(26)21-10-16-12-24-8-9-25(20(27)18(24)23-16)11-15-6-4-3-5-7-15/h3-7,12H,8-11H2,1-2H3,(H,21,26). The van der Waals surface area contributed by atoms with Crippen LogP contribution in [0.25, 0.3) is 0 Å². The zero-order valence-electron chi connectivity index (χ0n) is 15.8. The van der Waals surface area contributed by atoms with Crippen molar-refractivity contribution in [3.63, 3.8) is 0 Å². The van der Waals surface area contributed by atoms with Gasteiger partial charge in [0.15, 0.2) is 5.82 Å². The van der Waals surface area contributed by atoms with Crippen molar-refractivity contribution in [2.75, 3.05) is 6.54 Å². The number of nitrogens with one attached hydrogen (secondary N) is 1. The van der Waals surface area contributed by atoms with Crippen molar-refractivity contribution in [3.05, 3.63) is 69.2 Å². The summed E-state index contributed by atoms with van der Waals surface area (Å²) < 4.78 is 1.87. The Balaban J connectivity index is 1.42. The van der Waals surface area contributed by atoms with E-state index >= 15 is 0 Å². The quantitative estimate of drug-likeness (QED) is 0.720. The molecule has 28 heavy (non-hydrogen) atoms.